The van der Waals surface area contributed by atoms with Crippen LogP contribution in [0.15, 0.2) is 66.2 Å². The third-order valence-corrected chi connectivity index (χ3v) is 5.09. The SMILES string of the molecule is C=CN/C=C(/Cn1cc(S(=O)(=O)NCc2ccc(C#N)cc2)cn1)N(C)C. The molecule has 1 aromatic heterocycles. The first-order valence-electron chi connectivity index (χ1n) is 8.10. The first kappa shape index (κ1) is 20.2. The quantitative estimate of drug-likeness (QED) is 0.675. The highest BCUT2D eigenvalue weighted by Gasteiger charge is 2.16. The molecule has 27 heavy (non-hydrogen) atoms. The molecule has 0 fully saturated rings. The van der Waals surface area contributed by atoms with Gasteiger partial charge in [0.05, 0.1) is 30.1 Å². The van der Waals surface area contributed by atoms with Crippen molar-refractivity contribution in [1.29, 1.82) is 5.26 Å². The molecular weight excluding hydrogens is 364 g/mol. The first-order chi connectivity index (χ1) is 12.9. The highest BCUT2D eigenvalue weighted by atomic mass is 32.2. The third-order valence-electron chi connectivity index (χ3n) is 3.74. The van der Waals surface area contributed by atoms with Gasteiger partial charge in [0, 0.05) is 33.0 Å². The summed E-state index contributed by atoms with van der Waals surface area (Å²) in [4.78, 5) is 1.99. The number of likely N-dealkylation sites (N-methyl/N-ethyl adjacent to an activating group) is 1. The zero-order valence-corrected chi connectivity index (χ0v) is 16.1. The number of hydrogen-bond acceptors (Lipinski definition) is 6. The van der Waals surface area contributed by atoms with E-state index in [0.29, 0.717) is 12.1 Å². The fourth-order valence-electron chi connectivity index (χ4n) is 2.17. The Morgan fingerprint density at radius 3 is 2.67 bits per heavy atom. The summed E-state index contributed by atoms with van der Waals surface area (Å²) < 4.78 is 29.0. The standard InChI is InChI=1S/C18H22N6O2S/c1-4-20-11-17(23(2)3)13-24-14-18(12-21-24)27(25,26)22-10-16-7-5-15(9-19)6-8-16/h4-8,11-12,14,20,22H,1,10,13H2,2-3H3/b17-11-. The fraction of sp³-hybridized carbons (Fsp3) is 0.222. The van der Waals surface area contributed by atoms with E-state index in [-0.39, 0.29) is 11.4 Å². The third kappa shape index (κ3) is 5.70. The van der Waals surface area contributed by atoms with Crippen molar-refractivity contribution in [2.75, 3.05) is 14.1 Å². The maximum atomic E-state index is 12.5. The zero-order chi connectivity index (χ0) is 19.9. The number of allylic oxidation sites excluding steroid dienone is 1. The molecule has 0 atom stereocenters. The average molecular weight is 386 g/mol. The van der Waals surface area contributed by atoms with Gasteiger partial charge in [0.15, 0.2) is 0 Å². The number of benzene rings is 1. The van der Waals surface area contributed by atoms with Gasteiger partial charge in [0.1, 0.15) is 4.90 Å². The van der Waals surface area contributed by atoms with E-state index in [9.17, 15) is 8.42 Å². The van der Waals surface area contributed by atoms with Gasteiger partial charge < -0.3 is 10.2 Å². The summed E-state index contributed by atoms with van der Waals surface area (Å²) in [6.45, 7) is 4.12. The van der Waals surface area contributed by atoms with Crippen molar-refractivity contribution >= 4 is 10.0 Å². The smallest absolute Gasteiger partial charge is 0.243 e. The monoisotopic (exact) mass is 386 g/mol. The summed E-state index contributed by atoms with van der Waals surface area (Å²) in [6.07, 6.45) is 6.11. The first-order valence-corrected chi connectivity index (χ1v) is 9.58. The molecule has 0 bridgehead atoms. The molecule has 0 radical (unpaired) electrons. The van der Waals surface area contributed by atoms with Crippen molar-refractivity contribution < 1.29 is 8.42 Å². The number of nitrogens with zero attached hydrogens (tertiary/aromatic N) is 4. The Morgan fingerprint density at radius 2 is 2.07 bits per heavy atom. The molecular formula is C18H22N6O2S. The lowest BCUT2D eigenvalue weighted by atomic mass is 10.1. The molecule has 0 spiro atoms. The summed E-state index contributed by atoms with van der Waals surface area (Å²) in [7, 11) is 0.0821. The molecule has 0 saturated carbocycles. The van der Waals surface area contributed by atoms with Crippen molar-refractivity contribution in [2.45, 2.75) is 18.0 Å². The van der Waals surface area contributed by atoms with Crippen LogP contribution in [0.1, 0.15) is 11.1 Å². The van der Waals surface area contributed by atoms with Gasteiger partial charge in [-0.3, -0.25) is 4.68 Å². The summed E-state index contributed by atoms with van der Waals surface area (Å²) in [5.41, 5.74) is 2.18. The second-order valence-electron chi connectivity index (χ2n) is 5.91. The summed E-state index contributed by atoms with van der Waals surface area (Å²) in [5, 5.41) is 15.8. The molecule has 9 heteroatoms. The van der Waals surface area contributed by atoms with E-state index < -0.39 is 10.0 Å². The highest BCUT2D eigenvalue weighted by molar-refractivity contribution is 7.89. The van der Waals surface area contributed by atoms with Crippen LogP contribution in [0.4, 0.5) is 0 Å². The van der Waals surface area contributed by atoms with Crippen LogP contribution in [0.3, 0.4) is 0 Å². The predicted molar refractivity (Wildman–Crippen MR) is 103 cm³/mol. The van der Waals surface area contributed by atoms with E-state index in [2.05, 4.69) is 21.7 Å². The van der Waals surface area contributed by atoms with Crippen molar-refractivity contribution in [1.82, 2.24) is 24.7 Å². The molecule has 2 N–H and O–H groups in total. The Kier molecular flexibility index (Phi) is 6.76. The van der Waals surface area contributed by atoms with E-state index in [1.807, 2.05) is 25.1 Å². The van der Waals surface area contributed by atoms with Crippen molar-refractivity contribution in [3.8, 4) is 6.07 Å². The topological polar surface area (TPSA) is 103 Å². The Labute approximate surface area is 159 Å². The molecule has 8 nitrogen and oxygen atoms in total. The Hall–Kier alpha value is -3.09. The van der Waals surface area contributed by atoms with Crippen LogP contribution in [0.25, 0.3) is 0 Å². The van der Waals surface area contributed by atoms with Crippen molar-refractivity contribution in [3.63, 3.8) is 0 Å². The van der Waals surface area contributed by atoms with Crippen LogP contribution < -0.4 is 10.0 Å². The molecule has 1 heterocycles. The fourth-order valence-corrected chi connectivity index (χ4v) is 3.14. The molecule has 0 aliphatic rings. The van der Waals surface area contributed by atoms with Gasteiger partial charge in [-0.15, -0.1) is 0 Å². The summed E-state index contributed by atoms with van der Waals surface area (Å²) in [5.74, 6) is 0. The number of hydrogen-bond donors (Lipinski definition) is 2. The average Bonchev–Trinajstić information content (AvgIpc) is 3.13. The second kappa shape index (κ2) is 9.02. The Balaban J connectivity index is 2.06. The van der Waals surface area contributed by atoms with Crippen LogP contribution in [0, 0.1) is 11.3 Å². The minimum absolute atomic E-state index is 0.0888. The van der Waals surface area contributed by atoms with Gasteiger partial charge in [-0.05, 0) is 23.9 Å². The molecule has 2 aromatic rings. The minimum atomic E-state index is -3.69. The van der Waals surface area contributed by atoms with Gasteiger partial charge in [-0.25, -0.2) is 13.1 Å². The lowest BCUT2D eigenvalue weighted by Crippen LogP contribution is -2.23. The number of rotatable bonds is 9. The molecule has 0 unspecified atom stereocenters. The zero-order valence-electron chi connectivity index (χ0n) is 15.3. The lowest BCUT2D eigenvalue weighted by molar-refractivity contribution is 0.454. The second-order valence-corrected chi connectivity index (χ2v) is 7.67. The van der Waals surface area contributed by atoms with E-state index in [4.69, 9.17) is 5.26 Å². The molecule has 2 rings (SSSR count). The number of nitriles is 1. The highest BCUT2D eigenvalue weighted by Crippen LogP contribution is 2.11. The summed E-state index contributed by atoms with van der Waals surface area (Å²) in [6, 6.07) is 8.74. The van der Waals surface area contributed by atoms with E-state index in [1.54, 1.807) is 41.3 Å². The number of nitrogens with one attached hydrogen (secondary N) is 2. The van der Waals surface area contributed by atoms with Crippen LogP contribution in [0.5, 0.6) is 0 Å². The number of sulfonamides is 1. The van der Waals surface area contributed by atoms with Crippen LogP contribution >= 0.6 is 0 Å². The van der Waals surface area contributed by atoms with Crippen molar-refractivity contribution in [3.05, 3.63) is 72.5 Å². The van der Waals surface area contributed by atoms with Crippen LogP contribution in [0.2, 0.25) is 0 Å². The molecule has 0 saturated heterocycles. The van der Waals surface area contributed by atoms with Gasteiger partial charge in [-0.1, -0.05) is 18.7 Å². The van der Waals surface area contributed by atoms with Crippen LogP contribution in [-0.2, 0) is 23.1 Å². The van der Waals surface area contributed by atoms with Crippen LogP contribution in [-0.4, -0.2) is 37.2 Å². The molecule has 0 aliphatic carbocycles. The molecule has 1 aromatic carbocycles. The normalized spacial score (nSPS) is 11.7. The Bertz CT molecular complexity index is 952. The van der Waals surface area contributed by atoms with E-state index >= 15 is 0 Å². The molecule has 0 aliphatic heterocycles. The maximum absolute atomic E-state index is 12.5. The van der Waals surface area contributed by atoms with Gasteiger partial charge in [-0.2, -0.15) is 10.4 Å². The van der Waals surface area contributed by atoms with Gasteiger partial charge in [0.2, 0.25) is 10.0 Å². The maximum Gasteiger partial charge on any atom is 0.243 e. The Morgan fingerprint density at radius 1 is 1.37 bits per heavy atom. The van der Waals surface area contributed by atoms with Crippen molar-refractivity contribution in [2.24, 2.45) is 0 Å². The van der Waals surface area contributed by atoms with Gasteiger partial charge >= 0.3 is 0 Å². The minimum Gasteiger partial charge on any atom is -0.378 e. The molecule has 0 amide bonds. The largest absolute Gasteiger partial charge is 0.378 e. The van der Waals surface area contributed by atoms with Gasteiger partial charge in [0.25, 0.3) is 0 Å². The lowest BCUT2D eigenvalue weighted by Gasteiger charge is -2.17. The van der Waals surface area contributed by atoms with E-state index in [0.717, 1.165) is 11.3 Å². The summed E-state index contributed by atoms with van der Waals surface area (Å²) >= 11 is 0. The predicted octanol–water partition coefficient (Wildman–Crippen LogP) is 1.37. The number of aromatic nitrogens is 2. The molecule has 142 valence electrons. The van der Waals surface area contributed by atoms with E-state index in [1.165, 1.54) is 12.4 Å².